The molecule has 11 heteroatoms. The monoisotopic (exact) mass is 482 g/mol. The molecule has 0 fully saturated rings. The molecule has 2 N–H and O–H groups in total. The summed E-state index contributed by atoms with van der Waals surface area (Å²) < 4.78 is 21.2. The largest absolute Gasteiger partial charge is 0.482 e. The van der Waals surface area contributed by atoms with Gasteiger partial charge in [0.2, 0.25) is 0 Å². The number of nitrogens with two attached hydrogens (primary N) is 1. The van der Waals surface area contributed by atoms with Crippen molar-refractivity contribution >= 4 is 35.0 Å². The fourth-order valence-electron chi connectivity index (χ4n) is 2.92. The van der Waals surface area contributed by atoms with Crippen LogP contribution in [0.15, 0.2) is 36.8 Å². The second-order valence-electron chi connectivity index (χ2n) is 7.39. The predicted molar refractivity (Wildman–Crippen MR) is 118 cm³/mol. The van der Waals surface area contributed by atoms with Crippen LogP contribution in [0.5, 0.6) is 5.75 Å². The lowest BCUT2D eigenvalue weighted by Crippen LogP contribution is -2.37. The van der Waals surface area contributed by atoms with E-state index in [9.17, 15) is 9.18 Å². The molecule has 8 nitrogen and oxygen atoms in total. The van der Waals surface area contributed by atoms with Gasteiger partial charge in [-0.1, -0.05) is 23.2 Å². The standard InChI is InChI=1S/C21H21Cl2FN4O4/c1-11(17-14(22)5-6-15(24)18(17)23)31-16-7-12(8-26-19(16)25)13-9-27-28(10-13)21(2,3)20(29)32-30-4/h5-11H,1-4H3,(H2,25,26). The summed E-state index contributed by atoms with van der Waals surface area (Å²) in [5.41, 5.74) is 6.43. The molecule has 3 rings (SSSR count). The highest BCUT2D eigenvalue weighted by molar-refractivity contribution is 6.36. The van der Waals surface area contributed by atoms with Gasteiger partial charge >= 0.3 is 5.97 Å². The number of ether oxygens (including phenoxy) is 1. The number of hydrogen-bond acceptors (Lipinski definition) is 7. The zero-order valence-corrected chi connectivity index (χ0v) is 19.2. The van der Waals surface area contributed by atoms with Crippen LogP contribution in [-0.4, -0.2) is 27.8 Å². The Balaban J connectivity index is 1.90. The molecule has 0 bridgehead atoms. The van der Waals surface area contributed by atoms with Crippen molar-refractivity contribution in [2.45, 2.75) is 32.4 Å². The Morgan fingerprint density at radius 1 is 1.25 bits per heavy atom. The maximum Gasteiger partial charge on any atom is 0.369 e. The van der Waals surface area contributed by atoms with E-state index in [0.717, 1.165) is 0 Å². The van der Waals surface area contributed by atoms with Crippen molar-refractivity contribution in [1.82, 2.24) is 14.8 Å². The topological polar surface area (TPSA) is 101 Å². The van der Waals surface area contributed by atoms with Crippen LogP contribution in [0.4, 0.5) is 10.2 Å². The Hall–Kier alpha value is -2.88. The van der Waals surface area contributed by atoms with E-state index < -0.39 is 23.4 Å². The molecule has 170 valence electrons. The zero-order chi connectivity index (χ0) is 23.6. The molecule has 3 aromatic rings. The first kappa shape index (κ1) is 23.8. The molecule has 1 unspecified atom stereocenters. The van der Waals surface area contributed by atoms with Crippen LogP contribution in [0.25, 0.3) is 11.1 Å². The van der Waals surface area contributed by atoms with E-state index in [0.29, 0.717) is 16.7 Å². The molecule has 0 spiro atoms. The van der Waals surface area contributed by atoms with E-state index in [4.69, 9.17) is 33.7 Å². The molecule has 0 aliphatic carbocycles. The fraction of sp³-hybridized carbons (Fsp3) is 0.286. The number of pyridine rings is 1. The summed E-state index contributed by atoms with van der Waals surface area (Å²) in [7, 11) is 1.25. The lowest BCUT2D eigenvalue weighted by atomic mass is 10.1. The first-order chi connectivity index (χ1) is 15.1. The Morgan fingerprint density at radius 3 is 2.66 bits per heavy atom. The second-order valence-corrected chi connectivity index (χ2v) is 8.18. The van der Waals surface area contributed by atoms with Crippen LogP contribution < -0.4 is 10.5 Å². The van der Waals surface area contributed by atoms with Crippen LogP contribution in [0, 0.1) is 5.82 Å². The van der Waals surface area contributed by atoms with Gasteiger partial charge in [-0.3, -0.25) is 9.57 Å². The molecule has 0 aliphatic heterocycles. The summed E-state index contributed by atoms with van der Waals surface area (Å²) in [6, 6.07) is 4.24. The molecule has 0 radical (unpaired) electrons. The van der Waals surface area contributed by atoms with Crippen molar-refractivity contribution in [1.29, 1.82) is 0 Å². The Kier molecular flexibility index (Phi) is 6.92. The maximum absolute atomic E-state index is 13.9. The molecule has 1 aromatic carbocycles. The summed E-state index contributed by atoms with van der Waals surface area (Å²) in [4.78, 5) is 25.4. The summed E-state index contributed by atoms with van der Waals surface area (Å²) >= 11 is 12.3. The SMILES string of the molecule is COOC(=O)C(C)(C)n1cc(-c2cnc(N)c(OC(C)c3c(Cl)ccc(F)c3Cl)c2)cn1. The summed E-state index contributed by atoms with van der Waals surface area (Å²) in [6.07, 6.45) is 4.03. The minimum Gasteiger partial charge on any atom is -0.482 e. The first-order valence-electron chi connectivity index (χ1n) is 9.42. The molecule has 0 amide bonds. The molecule has 0 aliphatic rings. The number of carbonyl (C=O) groups excluding carboxylic acids is 1. The van der Waals surface area contributed by atoms with Crippen LogP contribution in [0.1, 0.15) is 32.4 Å². The summed E-state index contributed by atoms with van der Waals surface area (Å²) in [5.74, 6) is -0.854. The van der Waals surface area contributed by atoms with Crippen LogP contribution in [0.2, 0.25) is 10.0 Å². The summed E-state index contributed by atoms with van der Waals surface area (Å²) in [6.45, 7) is 4.94. The van der Waals surface area contributed by atoms with Crippen molar-refractivity contribution in [2.75, 3.05) is 12.8 Å². The van der Waals surface area contributed by atoms with Gasteiger partial charge in [0.1, 0.15) is 11.9 Å². The van der Waals surface area contributed by atoms with Gasteiger partial charge in [-0.15, -0.1) is 0 Å². The number of anilines is 1. The number of nitrogen functional groups attached to an aromatic ring is 1. The molecule has 0 saturated carbocycles. The highest BCUT2D eigenvalue weighted by Gasteiger charge is 2.33. The Morgan fingerprint density at radius 2 is 1.97 bits per heavy atom. The lowest BCUT2D eigenvalue weighted by molar-refractivity contribution is -0.262. The van der Waals surface area contributed by atoms with Gasteiger partial charge in [-0.05, 0) is 39.0 Å². The van der Waals surface area contributed by atoms with Crippen LogP contribution in [0.3, 0.4) is 0 Å². The number of halogens is 3. The van der Waals surface area contributed by atoms with Crippen molar-refractivity contribution in [3.8, 4) is 16.9 Å². The maximum atomic E-state index is 13.9. The third kappa shape index (κ3) is 4.64. The van der Waals surface area contributed by atoms with Gasteiger partial charge in [0.05, 0.1) is 18.3 Å². The minimum absolute atomic E-state index is 0.126. The molecular weight excluding hydrogens is 462 g/mol. The van der Waals surface area contributed by atoms with Gasteiger partial charge in [0.15, 0.2) is 17.1 Å². The molecule has 32 heavy (non-hydrogen) atoms. The van der Waals surface area contributed by atoms with E-state index in [1.165, 1.54) is 30.1 Å². The number of aromatic nitrogens is 3. The highest BCUT2D eigenvalue weighted by Crippen LogP contribution is 2.37. The summed E-state index contributed by atoms with van der Waals surface area (Å²) in [5, 5.41) is 4.38. The number of benzene rings is 1. The van der Waals surface area contributed by atoms with Crippen molar-refractivity contribution < 1.29 is 23.7 Å². The van der Waals surface area contributed by atoms with E-state index in [2.05, 4.69) is 19.9 Å². The smallest absolute Gasteiger partial charge is 0.369 e. The molecule has 1 atom stereocenters. The van der Waals surface area contributed by atoms with Crippen LogP contribution >= 0.6 is 23.2 Å². The van der Waals surface area contributed by atoms with Crippen molar-refractivity contribution in [2.24, 2.45) is 0 Å². The second kappa shape index (κ2) is 9.32. The lowest BCUT2D eigenvalue weighted by Gasteiger charge is -2.21. The quantitative estimate of drug-likeness (QED) is 0.288. The van der Waals surface area contributed by atoms with Gasteiger partial charge < -0.3 is 10.5 Å². The number of rotatable bonds is 7. The molecule has 2 aromatic heterocycles. The number of nitrogens with zero attached hydrogens (tertiary/aromatic N) is 3. The molecule has 0 saturated heterocycles. The van der Waals surface area contributed by atoms with E-state index in [-0.39, 0.29) is 21.6 Å². The van der Waals surface area contributed by atoms with E-state index >= 15 is 0 Å². The fourth-order valence-corrected chi connectivity index (χ4v) is 3.60. The third-order valence-electron chi connectivity index (χ3n) is 4.82. The highest BCUT2D eigenvalue weighted by atomic mass is 35.5. The van der Waals surface area contributed by atoms with Crippen molar-refractivity contribution in [3.63, 3.8) is 0 Å². The van der Waals surface area contributed by atoms with Crippen LogP contribution in [-0.2, 0) is 20.1 Å². The van der Waals surface area contributed by atoms with Gasteiger partial charge in [-0.2, -0.15) is 9.99 Å². The zero-order valence-electron chi connectivity index (χ0n) is 17.7. The average molecular weight is 483 g/mol. The predicted octanol–water partition coefficient (Wildman–Crippen LogP) is 4.95. The number of carbonyl (C=O) groups is 1. The van der Waals surface area contributed by atoms with Gasteiger partial charge in [-0.25, -0.2) is 14.2 Å². The van der Waals surface area contributed by atoms with E-state index in [1.54, 1.807) is 39.2 Å². The Labute approximate surface area is 193 Å². The first-order valence-corrected chi connectivity index (χ1v) is 10.2. The normalized spacial score (nSPS) is 12.5. The van der Waals surface area contributed by atoms with Crippen molar-refractivity contribution in [3.05, 3.63) is 58.2 Å². The minimum atomic E-state index is -1.12. The van der Waals surface area contributed by atoms with Gasteiger partial charge in [0, 0.05) is 34.1 Å². The molecular formula is C21H21Cl2FN4O4. The van der Waals surface area contributed by atoms with E-state index in [1.807, 2.05) is 0 Å². The molecule has 2 heterocycles. The third-order valence-corrected chi connectivity index (χ3v) is 5.53. The number of hydrogen-bond donors (Lipinski definition) is 1. The average Bonchev–Trinajstić information content (AvgIpc) is 3.24. The van der Waals surface area contributed by atoms with Gasteiger partial charge in [0.25, 0.3) is 0 Å². The Bertz CT molecular complexity index is 1150.